The zero-order chi connectivity index (χ0) is 16.2. The van der Waals surface area contributed by atoms with Crippen molar-refractivity contribution in [1.82, 2.24) is 10.2 Å². The van der Waals surface area contributed by atoms with E-state index in [1.165, 1.54) is 12.1 Å². The van der Waals surface area contributed by atoms with Crippen molar-refractivity contribution in [2.75, 3.05) is 13.1 Å². The van der Waals surface area contributed by atoms with Gasteiger partial charge in [0.15, 0.2) is 0 Å². The van der Waals surface area contributed by atoms with E-state index in [1.54, 1.807) is 17.0 Å². The number of amides is 1. The van der Waals surface area contributed by atoms with E-state index in [-0.39, 0.29) is 5.91 Å². The van der Waals surface area contributed by atoms with E-state index >= 15 is 0 Å². The number of carbonyl (C=O) groups is 1. The van der Waals surface area contributed by atoms with Crippen molar-refractivity contribution in [3.63, 3.8) is 0 Å². The van der Waals surface area contributed by atoms with Crippen LogP contribution in [0, 0.1) is 0 Å². The molecule has 2 aliphatic heterocycles. The van der Waals surface area contributed by atoms with Gasteiger partial charge in [-0.25, -0.2) is 0 Å². The molecule has 1 fully saturated rings. The number of benzene rings is 2. The van der Waals surface area contributed by atoms with Gasteiger partial charge < -0.3 is 4.90 Å². The van der Waals surface area contributed by atoms with Crippen molar-refractivity contribution in [3.05, 3.63) is 70.8 Å². The van der Waals surface area contributed by atoms with E-state index in [4.69, 9.17) is 0 Å². The molecule has 1 unspecified atom stereocenters. The first-order valence-electron chi connectivity index (χ1n) is 7.29. The first kappa shape index (κ1) is 14.3. The van der Waals surface area contributed by atoms with Crippen LogP contribution in [0.2, 0.25) is 0 Å². The van der Waals surface area contributed by atoms with Crippen molar-refractivity contribution in [1.29, 1.82) is 0 Å². The Hall–Kier alpha value is -2.34. The molecule has 4 rings (SSSR count). The van der Waals surface area contributed by atoms with Gasteiger partial charge in [0.25, 0.3) is 5.91 Å². The van der Waals surface area contributed by atoms with Crippen LogP contribution in [0.3, 0.4) is 0 Å². The smallest absolute Gasteiger partial charge is 0.311 e. The second kappa shape index (κ2) is 4.58. The molecule has 0 spiro atoms. The molecule has 6 heteroatoms. The zero-order valence-corrected chi connectivity index (χ0v) is 12.0. The molecule has 1 atom stereocenters. The van der Waals surface area contributed by atoms with Crippen LogP contribution in [0.5, 0.6) is 0 Å². The van der Waals surface area contributed by atoms with Gasteiger partial charge in [-0.05, 0) is 23.8 Å². The van der Waals surface area contributed by atoms with Crippen LogP contribution in [-0.2, 0) is 11.8 Å². The number of carbonyl (C=O) groups excluding carboxylic acids is 1. The Morgan fingerprint density at radius 2 is 1.74 bits per heavy atom. The van der Waals surface area contributed by atoms with Crippen molar-refractivity contribution in [2.45, 2.75) is 11.8 Å². The molecule has 0 saturated carbocycles. The van der Waals surface area contributed by atoms with Crippen molar-refractivity contribution in [3.8, 4) is 0 Å². The Kier molecular flexibility index (Phi) is 2.84. The lowest BCUT2D eigenvalue weighted by Gasteiger charge is -2.33. The molecule has 1 N–H and O–H groups in total. The monoisotopic (exact) mass is 318 g/mol. The molecule has 0 radical (unpaired) electrons. The van der Waals surface area contributed by atoms with Crippen molar-refractivity contribution in [2.24, 2.45) is 0 Å². The quantitative estimate of drug-likeness (QED) is 0.877. The Balaban J connectivity index is 1.88. The number of hydrogen-bond acceptors (Lipinski definition) is 2. The highest BCUT2D eigenvalue weighted by atomic mass is 19.4. The molecule has 3 nitrogen and oxygen atoms in total. The molecule has 1 amide bonds. The summed E-state index contributed by atoms with van der Waals surface area (Å²) in [7, 11) is 0. The van der Waals surface area contributed by atoms with Gasteiger partial charge in [-0.1, -0.05) is 30.3 Å². The summed E-state index contributed by atoms with van der Waals surface area (Å²) in [5.41, 5.74) is 0.473. The minimum Gasteiger partial charge on any atom is -0.311 e. The van der Waals surface area contributed by atoms with Crippen LogP contribution in [0.15, 0.2) is 48.5 Å². The van der Waals surface area contributed by atoms with Crippen LogP contribution >= 0.6 is 0 Å². The molecule has 118 valence electrons. The summed E-state index contributed by atoms with van der Waals surface area (Å²) in [4.78, 5) is 14.3. The highest BCUT2D eigenvalue weighted by Crippen LogP contribution is 2.44. The first-order chi connectivity index (χ1) is 10.9. The van der Waals surface area contributed by atoms with E-state index in [0.29, 0.717) is 24.2 Å². The maximum absolute atomic E-state index is 12.8. The second-order valence-electron chi connectivity index (χ2n) is 5.71. The van der Waals surface area contributed by atoms with Gasteiger partial charge in [0.2, 0.25) is 0 Å². The van der Waals surface area contributed by atoms with Gasteiger partial charge in [0.05, 0.1) is 5.56 Å². The number of nitrogens with zero attached hydrogens (tertiary/aromatic N) is 1. The molecule has 23 heavy (non-hydrogen) atoms. The topological polar surface area (TPSA) is 32.3 Å². The largest absolute Gasteiger partial charge is 0.416 e. The van der Waals surface area contributed by atoms with Crippen LogP contribution < -0.4 is 5.32 Å². The number of alkyl halides is 3. The lowest BCUT2D eigenvalue weighted by atomic mass is 9.91. The van der Waals surface area contributed by atoms with Crippen LogP contribution in [0.1, 0.15) is 27.0 Å². The average Bonchev–Trinajstić information content (AvgIpc) is 3.07. The third-order valence-electron chi connectivity index (χ3n) is 4.54. The number of nitrogens with one attached hydrogen (secondary N) is 1. The molecule has 2 heterocycles. The maximum atomic E-state index is 12.8. The molecule has 2 aromatic rings. The van der Waals surface area contributed by atoms with Gasteiger partial charge in [-0.2, -0.15) is 13.2 Å². The Labute approximate surface area is 130 Å². The summed E-state index contributed by atoms with van der Waals surface area (Å²) in [5, 5.41) is 3.32. The molecule has 0 aromatic heterocycles. The Bertz CT molecular complexity index is 785. The van der Waals surface area contributed by atoms with E-state index in [2.05, 4.69) is 5.32 Å². The second-order valence-corrected chi connectivity index (χ2v) is 5.71. The number of halogens is 3. The van der Waals surface area contributed by atoms with Crippen LogP contribution in [0.25, 0.3) is 0 Å². The van der Waals surface area contributed by atoms with Crippen LogP contribution in [-0.4, -0.2) is 23.9 Å². The van der Waals surface area contributed by atoms with Gasteiger partial charge in [-0.3, -0.25) is 10.1 Å². The summed E-state index contributed by atoms with van der Waals surface area (Å²) >= 11 is 0. The summed E-state index contributed by atoms with van der Waals surface area (Å²) in [5.74, 6) is -0.0921. The highest BCUT2D eigenvalue weighted by molar-refractivity contribution is 6.01. The standard InChI is InChI=1S/C17H13F3N2O/c18-17(19,20)12-7-5-11(6-8-12)16-14-4-2-1-3-13(14)15(23)22(16)10-9-21-16/h1-8,21H,9-10H2. The summed E-state index contributed by atoms with van der Waals surface area (Å²) in [6, 6.07) is 12.3. The maximum Gasteiger partial charge on any atom is 0.416 e. The Morgan fingerprint density at radius 1 is 1.04 bits per heavy atom. The average molecular weight is 318 g/mol. The summed E-state index contributed by atoms with van der Waals surface area (Å²) in [6.07, 6.45) is -4.37. The summed E-state index contributed by atoms with van der Waals surface area (Å²) < 4.78 is 38.4. The zero-order valence-electron chi connectivity index (χ0n) is 12.0. The lowest BCUT2D eigenvalue weighted by molar-refractivity contribution is -0.137. The van der Waals surface area contributed by atoms with E-state index in [9.17, 15) is 18.0 Å². The Morgan fingerprint density at radius 3 is 2.43 bits per heavy atom. The SMILES string of the molecule is O=C1c2ccccc2C2(c3ccc(C(F)(F)F)cc3)NCCN12. The van der Waals surface area contributed by atoms with E-state index < -0.39 is 17.4 Å². The van der Waals surface area contributed by atoms with E-state index in [1.807, 2.05) is 12.1 Å². The number of rotatable bonds is 1. The normalized spacial score (nSPS) is 23.1. The number of hydrogen-bond donors (Lipinski definition) is 1. The molecule has 2 aliphatic rings. The molecular formula is C17H13F3N2O. The number of fused-ring (bicyclic) bond motifs is 3. The van der Waals surface area contributed by atoms with Gasteiger partial charge >= 0.3 is 6.18 Å². The molecule has 1 saturated heterocycles. The minimum absolute atomic E-state index is 0.0921. The lowest BCUT2D eigenvalue weighted by Crippen LogP contribution is -2.46. The fourth-order valence-corrected chi connectivity index (χ4v) is 3.55. The minimum atomic E-state index is -4.37. The fraction of sp³-hybridized carbons (Fsp3) is 0.235. The van der Waals surface area contributed by atoms with Gasteiger partial charge in [0.1, 0.15) is 5.66 Å². The third kappa shape index (κ3) is 1.84. The molecule has 0 aliphatic carbocycles. The molecule has 2 aromatic carbocycles. The molecular weight excluding hydrogens is 305 g/mol. The van der Waals surface area contributed by atoms with Crippen molar-refractivity contribution < 1.29 is 18.0 Å². The van der Waals surface area contributed by atoms with Crippen molar-refractivity contribution >= 4 is 5.91 Å². The fourth-order valence-electron chi connectivity index (χ4n) is 3.55. The predicted molar refractivity (Wildman–Crippen MR) is 77.7 cm³/mol. The highest BCUT2D eigenvalue weighted by Gasteiger charge is 2.53. The van der Waals surface area contributed by atoms with Gasteiger partial charge in [0, 0.05) is 24.2 Å². The predicted octanol–water partition coefficient (Wildman–Crippen LogP) is 2.97. The van der Waals surface area contributed by atoms with E-state index in [0.717, 1.165) is 17.7 Å². The molecule has 0 bridgehead atoms. The third-order valence-corrected chi connectivity index (χ3v) is 4.54. The summed E-state index contributed by atoms with van der Waals surface area (Å²) in [6.45, 7) is 1.12. The van der Waals surface area contributed by atoms with Gasteiger partial charge in [-0.15, -0.1) is 0 Å². The van der Waals surface area contributed by atoms with Crippen LogP contribution in [0.4, 0.5) is 13.2 Å². The first-order valence-corrected chi connectivity index (χ1v) is 7.29.